The lowest BCUT2D eigenvalue weighted by atomic mass is 10.0. The number of hydrogen-bond donors (Lipinski definition) is 8. The molecule has 216 valence electrons. The van der Waals surface area contributed by atoms with E-state index in [9.17, 15) is 29.1 Å². The molecule has 0 fully saturated rings. The van der Waals surface area contributed by atoms with Crippen LogP contribution in [0.2, 0.25) is 0 Å². The fourth-order valence-corrected chi connectivity index (χ4v) is 3.67. The first-order valence-corrected chi connectivity index (χ1v) is 12.6. The van der Waals surface area contributed by atoms with E-state index in [2.05, 4.69) is 20.9 Å². The standard InChI is InChI=1S/C25H40N8O6/c1-14(2)11-16(26)21(35)32-18(12-15-7-4-3-5-8-15)22(36)33-19(13-20(27)34)23(37)31-17(24(38)39)9-6-10-30-25(28)29/h3-5,7-8,14,16-19H,6,9-13,26H2,1-2H3,(H2,27,34)(H,31,37)(H,32,35)(H,33,36)(H,38,39)(H4,28,29,30). The van der Waals surface area contributed by atoms with Gasteiger partial charge in [-0.3, -0.25) is 24.2 Å². The molecule has 0 heterocycles. The largest absolute Gasteiger partial charge is 0.480 e. The zero-order valence-electron chi connectivity index (χ0n) is 22.3. The molecule has 39 heavy (non-hydrogen) atoms. The summed E-state index contributed by atoms with van der Waals surface area (Å²) in [5.74, 6) is -4.51. The molecule has 14 heteroatoms. The van der Waals surface area contributed by atoms with Crippen molar-refractivity contribution in [3.8, 4) is 0 Å². The van der Waals surface area contributed by atoms with Crippen LogP contribution in [0.3, 0.4) is 0 Å². The van der Waals surface area contributed by atoms with Gasteiger partial charge in [0.25, 0.3) is 0 Å². The molecule has 12 N–H and O–H groups in total. The number of rotatable bonds is 17. The van der Waals surface area contributed by atoms with E-state index in [-0.39, 0.29) is 37.7 Å². The molecule has 0 aliphatic heterocycles. The summed E-state index contributed by atoms with van der Waals surface area (Å²) in [4.78, 5) is 66.0. The minimum absolute atomic E-state index is 0.0183. The van der Waals surface area contributed by atoms with Gasteiger partial charge in [0.15, 0.2) is 5.96 Å². The van der Waals surface area contributed by atoms with Crippen LogP contribution in [-0.2, 0) is 30.4 Å². The van der Waals surface area contributed by atoms with Crippen molar-refractivity contribution in [3.05, 3.63) is 35.9 Å². The SMILES string of the molecule is CC(C)CC(N)C(=O)NC(Cc1ccccc1)C(=O)NC(CC(N)=O)C(=O)NC(CCCN=C(N)N)C(=O)O. The van der Waals surface area contributed by atoms with Crippen molar-refractivity contribution < 1.29 is 29.1 Å². The quantitative estimate of drug-likeness (QED) is 0.0611. The lowest BCUT2D eigenvalue weighted by Gasteiger charge is -2.25. The summed E-state index contributed by atoms with van der Waals surface area (Å²) in [6.45, 7) is 3.95. The van der Waals surface area contributed by atoms with Gasteiger partial charge in [-0.25, -0.2) is 4.79 Å². The van der Waals surface area contributed by atoms with Gasteiger partial charge in [0.05, 0.1) is 12.5 Å². The van der Waals surface area contributed by atoms with E-state index in [1.54, 1.807) is 30.3 Å². The van der Waals surface area contributed by atoms with Crippen LogP contribution in [0.5, 0.6) is 0 Å². The Kier molecular flexibility index (Phi) is 14.0. The first kappa shape index (κ1) is 32.8. The molecule has 4 atom stereocenters. The van der Waals surface area contributed by atoms with Gasteiger partial charge >= 0.3 is 5.97 Å². The molecule has 0 spiro atoms. The molecule has 0 radical (unpaired) electrons. The van der Waals surface area contributed by atoms with Crippen LogP contribution in [0.25, 0.3) is 0 Å². The predicted octanol–water partition coefficient (Wildman–Crippen LogP) is -1.93. The molecule has 4 amide bonds. The van der Waals surface area contributed by atoms with Crippen molar-refractivity contribution in [1.29, 1.82) is 0 Å². The van der Waals surface area contributed by atoms with Gasteiger partial charge < -0.3 is 44.0 Å². The van der Waals surface area contributed by atoms with Crippen molar-refractivity contribution in [2.45, 2.75) is 70.1 Å². The molecule has 1 aromatic carbocycles. The number of hydrogen-bond acceptors (Lipinski definition) is 7. The Morgan fingerprint density at radius 2 is 1.44 bits per heavy atom. The maximum absolute atomic E-state index is 13.3. The molecule has 0 bridgehead atoms. The smallest absolute Gasteiger partial charge is 0.326 e. The summed E-state index contributed by atoms with van der Waals surface area (Å²) in [7, 11) is 0. The van der Waals surface area contributed by atoms with E-state index < -0.39 is 60.2 Å². The van der Waals surface area contributed by atoms with Crippen LogP contribution >= 0.6 is 0 Å². The van der Waals surface area contributed by atoms with E-state index in [1.807, 2.05) is 13.8 Å². The zero-order valence-corrected chi connectivity index (χ0v) is 22.3. The van der Waals surface area contributed by atoms with Crippen molar-refractivity contribution in [3.63, 3.8) is 0 Å². The summed E-state index contributed by atoms with van der Waals surface area (Å²) >= 11 is 0. The van der Waals surface area contributed by atoms with Crippen LogP contribution in [0, 0.1) is 5.92 Å². The third-order valence-electron chi connectivity index (χ3n) is 5.58. The number of carboxylic acids is 1. The van der Waals surface area contributed by atoms with Gasteiger partial charge in [-0.1, -0.05) is 44.2 Å². The van der Waals surface area contributed by atoms with Gasteiger partial charge in [0.1, 0.15) is 18.1 Å². The summed E-state index contributed by atoms with van der Waals surface area (Å²) < 4.78 is 0. The second kappa shape index (κ2) is 16.6. The average Bonchev–Trinajstić information content (AvgIpc) is 2.84. The molecule has 0 saturated carbocycles. The Labute approximate surface area is 227 Å². The van der Waals surface area contributed by atoms with E-state index in [0.29, 0.717) is 6.42 Å². The normalized spacial score (nSPS) is 13.8. The predicted molar refractivity (Wildman–Crippen MR) is 145 cm³/mol. The highest BCUT2D eigenvalue weighted by molar-refractivity contribution is 5.96. The van der Waals surface area contributed by atoms with Gasteiger partial charge in [-0.05, 0) is 30.7 Å². The number of nitrogens with zero attached hydrogens (tertiary/aromatic N) is 1. The Hall–Kier alpha value is -4.20. The Morgan fingerprint density at radius 3 is 1.97 bits per heavy atom. The number of benzene rings is 1. The second-order valence-corrected chi connectivity index (χ2v) is 9.57. The highest BCUT2D eigenvalue weighted by atomic mass is 16.4. The summed E-state index contributed by atoms with van der Waals surface area (Å²) in [5.41, 5.74) is 22.5. The molecular formula is C25H40N8O6. The van der Waals surface area contributed by atoms with E-state index in [4.69, 9.17) is 22.9 Å². The Balaban J connectivity index is 3.06. The number of aliphatic carboxylic acids is 1. The fraction of sp³-hybridized carbons (Fsp3) is 0.520. The van der Waals surface area contributed by atoms with Crippen LogP contribution in [-0.4, -0.2) is 71.4 Å². The third-order valence-corrected chi connectivity index (χ3v) is 5.58. The molecule has 0 aromatic heterocycles. The lowest BCUT2D eigenvalue weighted by molar-refractivity contribution is -0.142. The van der Waals surface area contributed by atoms with Crippen molar-refractivity contribution >= 4 is 35.6 Å². The minimum atomic E-state index is -1.49. The monoisotopic (exact) mass is 548 g/mol. The number of nitrogens with two attached hydrogens (primary N) is 4. The maximum atomic E-state index is 13.3. The van der Waals surface area contributed by atoms with Gasteiger partial charge in [-0.2, -0.15) is 0 Å². The number of carbonyl (C=O) groups excluding carboxylic acids is 4. The summed E-state index contributed by atoms with van der Waals surface area (Å²) in [5, 5.41) is 16.9. The van der Waals surface area contributed by atoms with Crippen molar-refractivity contribution in [1.82, 2.24) is 16.0 Å². The van der Waals surface area contributed by atoms with Crippen molar-refractivity contribution in [2.24, 2.45) is 33.8 Å². The average molecular weight is 549 g/mol. The first-order chi connectivity index (χ1) is 18.3. The fourth-order valence-electron chi connectivity index (χ4n) is 3.67. The number of primary amides is 1. The molecule has 0 aliphatic carbocycles. The summed E-state index contributed by atoms with van der Waals surface area (Å²) in [6.07, 6.45) is 0.0777. The molecule has 0 saturated heterocycles. The third kappa shape index (κ3) is 13.2. The number of amides is 4. The van der Waals surface area contributed by atoms with E-state index in [1.165, 1.54) is 0 Å². The van der Waals surface area contributed by atoms with Gasteiger partial charge in [0.2, 0.25) is 23.6 Å². The molecule has 0 aliphatic rings. The molecular weight excluding hydrogens is 508 g/mol. The Morgan fingerprint density at radius 1 is 0.872 bits per heavy atom. The van der Waals surface area contributed by atoms with Crippen molar-refractivity contribution in [2.75, 3.05) is 6.54 Å². The molecule has 14 nitrogen and oxygen atoms in total. The first-order valence-electron chi connectivity index (χ1n) is 12.6. The Bertz CT molecular complexity index is 1010. The van der Waals surface area contributed by atoms with Crippen LogP contribution in [0.4, 0.5) is 0 Å². The topological polar surface area (TPSA) is 258 Å². The number of guanidine groups is 1. The van der Waals surface area contributed by atoms with E-state index >= 15 is 0 Å². The zero-order chi connectivity index (χ0) is 29.5. The number of nitrogens with one attached hydrogen (secondary N) is 3. The van der Waals surface area contributed by atoms with E-state index in [0.717, 1.165) is 5.56 Å². The second-order valence-electron chi connectivity index (χ2n) is 9.57. The van der Waals surface area contributed by atoms with Crippen LogP contribution in [0.15, 0.2) is 35.3 Å². The molecule has 1 rings (SSSR count). The highest BCUT2D eigenvalue weighted by Crippen LogP contribution is 2.08. The minimum Gasteiger partial charge on any atom is -0.480 e. The molecule has 1 aromatic rings. The molecule has 4 unspecified atom stereocenters. The van der Waals surface area contributed by atoms with Crippen LogP contribution in [0.1, 0.15) is 45.1 Å². The maximum Gasteiger partial charge on any atom is 0.326 e. The van der Waals surface area contributed by atoms with Gasteiger partial charge in [0, 0.05) is 13.0 Å². The number of aliphatic imine (C=N–C) groups is 1. The number of carbonyl (C=O) groups is 5. The number of carboxylic acid groups (broad SMARTS) is 1. The lowest BCUT2D eigenvalue weighted by Crippen LogP contribution is -2.58. The summed E-state index contributed by atoms with van der Waals surface area (Å²) in [6, 6.07) is 3.99. The highest BCUT2D eigenvalue weighted by Gasteiger charge is 2.31. The van der Waals surface area contributed by atoms with Gasteiger partial charge in [-0.15, -0.1) is 0 Å². The van der Waals surface area contributed by atoms with Crippen LogP contribution < -0.4 is 38.9 Å².